The van der Waals surface area contributed by atoms with Gasteiger partial charge >= 0.3 is 0 Å². The molecule has 0 spiro atoms. The number of benzene rings is 2. The molecule has 1 aliphatic heterocycles. The number of pyridine rings is 1. The van der Waals surface area contributed by atoms with Gasteiger partial charge in [-0.2, -0.15) is 5.10 Å². The summed E-state index contributed by atoms with van der Waals surface area (Å²) >= 11 is 0. The van der Waals surface area contributed by atoms with E-state index in [1.807, 2.05) is 35.4 Å². The number of nitrogens with zero attached hydrogens (tertiary/aromatic N) is 3. The molecule has 2 aromatic carbocycles. The van der Waals surface area contributed by atoms with Gasteiger partial charge in [-0.15, -0.1) is 0 Å². The second-order valence-corrected chi connectivity index (χ2v) is 7.94. The molecule has 156 valence electrons. The summed E-state index contributed by atoms with van der Waals surface area (Å²) in [4.78, 5) is 19.4. The summed E-state index contributed by atoms with van der Waals surface area (Å²) in [6, 6.07) is 16.1. The Kier molecular flexibility index (Phi) is 5.00. The first-order valence-electron chi connectivity index (χ1n) is 10.5. The molecule has 1 aliphatic rings. The van der Waals surface area contributed by atoms with Crippen LogP contribution in [0.4, 0.5) is 0 Å². The van der Waals surface area contributed by atoms with Crippen LogP contribution in [-0.4, -0.2) is 52.3 Å². The number of hydrogen-bond donors (Lipinski definition) is 1. The summed E-state index contributed by atoms with van der Waals surface area (Å²) in [5, 5.41) is 8.60. The molecule has 0 bridgehead atoms. The van der Waals surface area contributed by atoms with Crippen LogP contribution < -0.4 is 0 Å². The topological polar surface area (TPSA) is 71.1 Å². The largest absolute Gasteiger partial charge is 0.378 e. The summed E-state index contributed by atoms with van der Waals surface area (Å²) in [5.74, 6) is 0.0405. The summed E-state index contributed by atoms with van der Waals surface area (Å²) < 4.78 is 5.37. The van der Waals surface area contributed by atoms with Crippen LogP contribution in [0, 0.1) is 13.8 Å². The number of rotatable bonds is 3. The molecular weight excluding hydrogens is 388 g/mol. The highest BCUT2D eigenvalue weighted by Gasteiger charge is 2.19. The third kappa shape index (κ3) is 3.59. The Hall–Kier alpha value is -3.51. The molecule has 0 atom stereocenters. The zero-order valence-electron chi connectivity index (χ0n) is 17.7. The fourth-order valence-electron chi connectivity index (χ4n) is 4.22. The lowest BCUT2D eigenvalue weighted by Crippen LogP contribution is -2.40. The van der Waals surface area contributed by atoms with E-state index in [4.69, 9.17) is 4.74 Å². The number of amides is 1. The van der Waals surface area contributed by atoms with Gasteiger partial charge in [0.2, 0.25) is 0 Å². The van der Waals surface area contributed by atoms with E-state index < -0.39 is 0 Å². The van der Waals surface area contributed by atoms with Gasteiger partial charge in [0.05, 0.1) is 13.2 Å². The first kappa shape index (κ1) is 19.5. The Bertz CT molecular complexity index is 1250. The third-order valence-corrected chi connectivity index (χ3v) is 5.88. The van der Waals surface area contributed by atoms with Gasteiger partial charge < -0.3 is 9.64 Å². The molecular formula is C25H24N4O2. The summed E-state index contributed by atoms with van der Waals surface area (Å²) in [6.07, 6.45) is 1.83. The Morgan fingerprint density at radius 3 is 2.52 bits per heavy atom. The molecule has 0 saturated carbocycles. The molecule has 6 heteroatoms. The summed E-state index contributed by atoms with van der Waals surface area (Å²) in [6.45, 7) is 6.64. The van der Waals surface area contributed by atoms with E-state index in [1.54, 1.807) is 0 Å². The van der Waals surface area contributed by atoms with Crippen LogP contribution in [0.5, 0.6) is 0 Å². The van der Waals surface area contributed by atoms with Crippen molar-refractivity contribution in [2.75, 3.05) is 26.3 Å². The molecule has 2 aromatic heterocycles. The van der Waals surface area contributed by atoms with E-state index in [1.165, 1.54) is 11.1 Å². The van der Waals surface area contributed by atoms with E-state index in [9.17, 15) is 4.79 Å². The molecule has 1 fully saturated rings. The SMILES string of the molecule is Cc1cccc(C)c1-c1n[nH]c2ncc(-c3cccc(C(=O)N4CCOCC4)c3)cc12. The van der Waals surface area contributed by atoms with Crippen molar-refractivity contribution in [2.45, 2.75) is 13.8 Å². The van der Waals surface area contributed by atoms with E-state index in [-0.39, 0.29) is 5.91 Å². The molecule has 1 amide bonds. The number of fused-ring (bicyclic) bond motifs is 1. The molecule has 31 heavy (non-hydrogen) atoms. The number of carbonyl (C=O) groups is 1. The summed E-state index contributed by atoms with van der Waals surface area (Å²) in [7, 11) is 0. The van der Waals surface area contributed by atoms with Crippen LogP contribution in [0.3, 0.4) is 0 Å². The normalized spacial score (nSPS) is 14.2. The molecule has 1 N–H and O–H groups in total. The molecule has 4 aromatic rings. The number of hydrogen-bond acceptors (Lipinski definition) is 4. The zero-order valence-corrected chi connectivity index (χ0v) is 17.7. The lowest BCUT2D eigenvalue weighted by atomic mass is 9.97. The first-order chi connectivity index (χ1) is 15.1. The second kappa shape index (κ2) is 7.96. The average molecular weight is 412 g/mol. The van der Waals surface area contributed by atoms with Crippen LogP contribution in [0.15, 0.2) is 54.7 Å². The monoisotopic (exact) mass is 412 g/mol. The number of H-pyrrole nitrogens is 1. The highest BCUT2D eigenvalue weighted by molar-refractivity contribution is 5.97. The van der Waals surface area contributed by atoms with Crippen LogP contribution >= 0.6 is 0 Å². The minimum Gasteiger partial charge on any atom is -0.378 e. The highest BCUT2D eigenvalue weighted by atomic mass is 16.5. The van der Waals surface area contributed by atoms with E-state index in [0.717, 1.165) is 33.4 Å². The standard InChI is InChI=1S/C25H24N4O2/c1-16-5-3-6-17(2)22(16)23-21-14-20(15-26-24(21)28-27-23)18-7-4-8-19(13-18)25(30)29-9-11-31-12-10-29/h3-8,13-15H,9-12H2,1-2H3,(H,26,27,28). The van der Waals surface area contributed by atoms with Crippen LogP contribution in [-0.2, 0) is 4.74 Å². The van der Waals surface area contributed by atoms with Crippen molar-refractivity contribution < 1.29 is 9.53 Å². The van der Waals surface area contributed by atoms with Gasteiger partial charge in [0, 0.05) is 41.4 Å². The minimum absolute atomic E-state index is 0.0405. The van der Waals surface area contributed by atoms with Crippen molar-refractivity contribution >= 4 is 16.9 Å². The number of aromatic amines is 1. The van der Waals surface area contributed by atoms with Gasteiger partial charge in [0.15, 0.2) is 5.65 Å². The Morgan fingerprint density at radius 1 is 1.00 bits per heavy atom. The molecule has 5 rings (SSSR count). The van der Waals surface area contributed by atoms with Gasteiger partial charge in [0.1, 0.15) is 5.69 Å². The van der Waals surface area contributed by atoms with Crippen LogP contribution in [0.2, 0.25) is 0 Å². The lowest BCUT2D eigenvalue weighted by molar-refractivity contribution is 0.0303. The van der Waals surface area contributed by atoms with Gasteiger partial charge in [0.25, 0.3) is 5.91 Å². The Balaban J connectivity index is 1.55. The van der Waals surface area contributed by atoms with Crippen molar-refractivity contribution in [3.8, 4) is 22.4 Å². The summed E-state index contributed by atoms with van der Waals surface area (Å²) in [5.41, 5.74) is 7.74. The predicted octanol–water partition coefficient (Wildman–Crippen LogP) is 4.38. The molecule has 3 heterocycles. The van der Waals surface area contributed by atoms with Crippen molar-refractivity contribution in [3.05, 3.63) is 71.4 Å². The van der Waals surface area contributed by atoms with Gasteiger partial charge in [-0.05, 0) is 48.7 Å². The smallest absolute Gasteiger partial charge is 0.254 e. The number of ether oxygens (including phenoxy) is 1. The van der Waals surface area contributed by atoms with E-state index in [2.05, 4.69) is 53.3 Å². The van der Waals surface area contributed by atoms with Crippen molar-refractivity contribution in [1.82, 2.24) is 20.1 Å². The number of morpholine rings is 1. The maximum absolute atomic E-state index is 12.9. The second-order valence-electron chi connectivity index (χ2n) is 7.94. The van der Waals surface area contributed by atoms with Crippen molar-refractivity contribution in [3.63, 3.8) is 0 Å². The van der Waals surface area contributed by atoms with Gasteiger partial charge in [-0.3, -0.25) is 9.89 Å². The third-order valence-electron chi connectivity index (χ3n) is 5.88. The number of carbonyl (C=O) groups excluding carboxylic acids is 1. The van der Waals surface area contributed by atoms with Crippen LogP contribution in [0.25, 0.3) is 33.4 Å². The minimum atomic E-state index is 0.0405. The van der Waals surface area contributed by atoms with E-state index in [0.29, 0.717) is 31.9 Å². The fourth-order valence-corrected chi connectivity index (χ4v) is 4.22. The Morgan fingerprint density at radius 2 is 1.74 bits per heavy atom. The van der Waals surface area contributed by atoms with Gasteiger partial charge in [-0.25, -0.2) is 4.98 Å². The van der Waals surface area contributed by atoms with Crippen LogP contribution in [0.1, 0.15) is 21.5 Å². The molecule has 6 nitrogen and oxygen atoms in total. The Labute approximate surface area is 180 Å². The predicted molar refractivity (Wildman–Crippen MR) is 121 cm³/mol. The van der Waals surface area contributed by atoms with Gasteiger partial charge in [-0.1, -0.05) is 30.3 Å². The number of nitrogens with one attached hydrogen (secondary N) is 1. The van der Waals surface area contributed by atoms with E-state index >= 15 is 0 Å². The molecule has 0 unspecified atom stereocenters. The fraction of sp³-hybridized carbons (Fsp3) is 0.240. The number of aryl methyl sites for hydroxylation is 2. The molecule has 0 aliphatic carbocycles. The quantitative estimate of drug-likeness (QED) is 0.542. The molecule has 0 radical (unpaired) electrons. The maximum atomic E-state index is 12.9. The number of aromatic nitrogens is 3. The first-order valence-corrected chi connectivity index (χ1v) is 10.5. The zero-order chi connectivity index (χ0) is 21.4. The molecule has 1 saturated heterocycles. The average Bonchev–Trinajstić information content (AvgIpc) is 3.22. The van der Waals surface area contributed by atoms with Crippen molar-refractivity contribution in [1.29, 1.82) is 0 Å². The lowest BCUT2D eigenvalue weighted by Gasteiger charge is -2.27. The maximum Gasteiger partial charge on any atom is 0.254 e. The highest BCUT2D eigenvalue weighted by Crippen LogP contribution is 2.33. The van der Waals surface area contributed by atoms with Crippen molar-refractivity contribution in [2.24, 2.45) is 0 Å².